The molecule has 0 aliphatic heterocycles. The molecule has 100 valence electrons. The molecule has 1 saturated carbocycles. The lowest BCUT2D eigenvalue weighted by atomic mass is 9.58. The first-order chi connectivity index (χ1) is 7.19. The van der Waals surface area contributed by atoms with Gasteiger partial charge in [0, 0.05) is 10.8 Å². The fourth-order valence-corrected chi connectivity index (χ4v) is 3.41. The van der Waals surface area contributed by atoms with Gasteiger partial charge in [0.2, 0.25) is 0 Å². The third-order valence-electron chi connectivity index (χ3n) is 6.36. The van der Waals surface area contributed by atoms with Crippen LogP contribution < -0.4 is 5.73 Å². The first-order valence-corrected chi connectivity index (χ1v) is 5.91. The number of carboxylic acids is 1. The van der Waals surface area contributed by atoms with Crippen LogP contribution in [0.3, 0.4) is 0 Å². The van der Waals surface area contributed by atoms with Crippen molar-refractivity contribution in [2.75, 3.05) is 0 Å². The normalized spacial score (nSPS) is 42.4. The summed E-state index contributed by atoms with van der Waals surface area (Å²) in [5.41, 5.74) is -0.0929. The molecule has 1 rings (SSSR count). The molecule has 1 aliphatic carbocycles. The Labute approximate surface area is 103 Å². The molecule has 0 aromatic carbocycles. The topological polar surface area (TPSA) is 63.3 Å². The fourth-order valence-electron chi connectivity index (χ4n) is 3.41. The average molecular weight is 244 g/mol. The van der Waals surface area contributed by atoms with Crippen molar-refractivity contribution in [2.45, 2.75) is 59.7 Å². The van der Waals surface area contributed by atoms with Gasteiger partial charge >= 0.3 is 5.97 Å². The Morgan fingerprint density at radius 2 is 1.29 bits per heavy atom. The van der Waals surface area contributed by atoms with E-state index in [2.05, 4.69) is 0 Å². The van der Waals surface area contributed by atoms with Gasteiger partial charge in [-0.3, -0.25) is 4.79 Å². The largest absolute Gasteiger partial charge is 0.480 e. The molecule has 0 aromatic heterocycles. The zero-order valence-electron chi connectivity index (χ0n) is 11.8. The number of rotatable bonds is 1. The highest BCUT2D eigenvalue weighted by Crippen LogP contribution is 2.71. The molecule has 0 spiro atoms. The second kappa shape index (κ2) is 3.02. The summed E-state index contributed by atoms with van der Waals surface area (Å²) < 4.78 is 15.2. The van der Waals surface area contributed by atoms with Crippen molar-refractivity contribution < 1.29 is 14.3 Å². The number of carbonyl (C=O) groups is 1. The van der Waals surface area contributed by atoms with Gasteiger partial charge in [-0.25, -0.2) is 4.39 Å². The Morgan fingerprint density at radius 1 is 0.941 bits per heavy atom. The van der Waals surface area contributed by atoms with Crippen LogP contribution >= 0.6 is 0 Å². The second-order valence-corrected chi connectivity index (χ2v) is 6.99. The van der Waals surface area contributed by atoms with Crippen molar-refractivity contribution >= 4 is 5.97 Å². The molecule has 17 heavy (non-hydrogen) atoms. The fraction of sp³-hybridized carbons (Fsp3) is 0.923. The summed E-state index contributed by atoms with van der Waals surface area (Å²) in [4.78, 5) is 11.6. The molecule has 0 aromatic rings. The molecule has 0 amide bonds. The van der Waals surface area contributed by atoms with Crippen LogP contribution in [0, 0.1) is 16.2 Å². The molecule has 3 nitrogen and oxygen atoms in total. The van der Waals surface area contributed by atoms with E-state index in [0.717, 1.165) is 0 Å². The van der Waals surface area contributed by atoms with Crippen LogP contribution in [0.15, 0.2) is 0 Å². The van der Waals surface area contributed by atoms with E-state index in [9.17, 15) is 9.90 Å². The highest BCUT2D eigenvalue weighted by atomic mass is 18.2. The minimum atomic E-state index is -1.99. The molecule has 0 bridgehead atoms. The molecule has 0 unspecified atom stereocenters. The summed E-state index contributed by atoms with van der Waals surface area (Å²) in [5, 5.41) is 9.44. The maximum absolute atomic E-state index is 15.2. The summed E-state index contributed by atoms with van der Waals surface area (Å²) in [6.45, 7) is 12.1. The Morgan fingerprint density at radius 3 is 1.41 bits per heavy atom. The van der Waals surface area contributed by atoms with Gasteiger partial charge in [-0.05, 0) is 12.3 Å². The molecule has 1 fully saturated rings. The minimum Gasteiger partial charge on any atom is -0.480 e. The Hall–Kier alpha value is -0.640. The number of nitrogens with two attached hydrogens (primary N) is 1. The predicted octanol–water partition coefficient (Wildman–Crippen LogP) is 2.59. The van der Waals surface area contributed by atoms with Gasteiger partial charge in [0.25, 0.3) is 0 Å². The third kappa shape index (κ3) is 1.08. The van der Waals surface area contributed by atoms with Gasteiger partial charge in [-0.2, -0.15) is 0 Å². The third-order valence-corrected chi connectivity index (χ3v) is 6.36. The lowest BCUT2D eigenvalue weighted by molar-refractivity contribution is -0.155. The maximum Gasteiger partial charge on any atom is 0.327 e. The van der Waals surface area contributed by atoms with E-state index in [4.69, 9.17) is 5.73 Å². The van der Waals surface area contributed by atoms with Gasteiger partial charge < -0.3 is 10.8 Å². The van der Waals surface area contributed by atoms with Crippen molar-refractivity contribution in [3.63, 3.8) is 0 Å². The Kier molecular flexibility index (Phi) is 2.57. The average Bonchev–Trinajstić information content (AvgIpc) is 2.17. The van der Waals surface area contributed by atoms with Crippen LogP contribution in [0.1, 0.15) is 48.5 Å². The van der Waals surface area contributed by atoms with Crippen LogP contribution in [0.25, 0.3) is 0 Å². The van der Waals surface area contributed by atoms with E-state index in [-0.39, 0.29) is 0 Å². The van der Waals surface area contributed by atoms with Crippen LogP contribution in [-0.2, 0) is 4.79 Å². The molecular weight excluding hydrogens is 220 g/mol. The van der Waals surface area contributed by atoms with Crippen molar-refractivity contribution in [3.8, 4) is 0 Å². The van der Waals surface area contributed by atoms with Gasteiger partial charge in [-0.1, -0.05) is 41.5 Å². The number of hydrogen-bond acceptors (Lipinski definition) is 2. The number of carboxylic acid groups (broad SMARTS) is 1. The van der Waals surface area contributed by atoms with Crippen molar-refractivity contribution in [2.24, 2.45) is 22.0 Å². The zero-order valence-corrected chi connectivity index (χ0v) is 11.8. The van der Waals surface area contributed by atoms with Gasteiger partial charge in [0.1, 0.15) is 5.67 Å². The van der Waals surface area contributed by atoms with Crippen molar-refractivity contribution in [1.29, 1.82) is 0 Å². The van der Waals surface area contributed by atoms with E-state index in [1.54, 1.807) is 27.7 Å². The summed E-state index contributed by atoms with van der Waals surface area (Å²) in [7, 11) is 0. The quantitative estimate of drug-likeness (QED) is 0.745. The van der Waals surface area contributed by atoms with Crippen LogP contribution in [0.5, 0.6) is 0 Å². The van der Waals surface area contributed by atoms with E-state index in [1.807, 2.05) is 13.8 Å². The minimum absolute atomic E-state index is 0.545. The molecule has 0 saturated heterocycles. The molecule has 2 atom stereocenters. The SMILES string of the molecule is CC1(C)C(C)(C)[C@@](C)([18F])[C@](N)(C(=O)O)C1(C)C. The van der Waals surface area contributed by atoms with Crippen molar-refractivity contribution in [3.05, 3.63) is 0 Å². The van der Waals surface area contributed by atoms with E-state index in [0.29, 0.717) is 0 Å². The van der Waals surface area contributed by atoms with Crippen molar-refractivity contribution in [1.82, 2.24) is 0 Å². The first-order valence-electron chi connectivity index (χ1n) is 5.91. The smallest absolute Gasteiger partial charge is 0.327 e. The Bertz CT molecular complexity index is 344. The summed E-state index contributed by atoms with van der Waals surface area (Å²) in [6.07, 6.45) is 0. The first kappa shape index (κ1) is 14.4. The van der Waals surface area contributed by atoms with E-state index < -0.39 is 33.4 Å². The highest BCUT2D eigenvalue weighted by Gasteiger charge is 2.80. The molecule has 0 radical (unpaired) electrons. The van der Waals surface area contributed by atoms with Crippen LogP contribution in [0.4, 0.5) is 4.39 Å². The predicted molar refractivity (Wildman–Crippen MR) is 65.4 cm³/mol. The zero-order chi connectivity index (χ0) is 14.1. The number of aliphatic carboxylic acids is 1. The molecule has 0 heterocycles. The van der Waals surface area contributed by atoms with Crippen LogP contribution in [-0.4, -0.2) is 22.3 Å². The van der Waals surface area contributed by atoms with Gasteiger partial charge in [0.15, 0.2) is 5.54 Å². The second-order valence-electron chi connectivity index (χ2n) is 6.99. The maximum atomic E-state index is 15.2. The number of halogens is 1. The van der Waals surface area contributed by atoms with Gasteiger partial charge in [-0.15, -0.1) is 0 Å². The number of alkyl halides is 1. The molecule has 4 heteroatoms. The van der Waals surface area contributed by atoms with Crippen LogP contribution in [0.2, 0.25) is 0 Å². The van der Waals surface area contributed by atoms with E-state index >= 15 is 4.39 Å². The van der Waals surface area contributed by atoms with E-state index in [1.165, 1.54) is 6.92 Å². The molecule has 1 aliphatic rings. The standard InChI is InChI=1S/C13H24FNO2/c1-9(2)10(3,4)12(7,14)13(15,8(16)17)11(9,5)6/h15H2,1-7H3,(H,16,17)/t12-,13+/m1/s1/i14-1. The lowest BCUT2D eigenvalue weighted by Gasteiger charge is -2.45. The molecular formula is C13H24FNO2. The monoisotopic (exact) mass is 244 g/mol. The molecule has 3 N–H and O–H groups in total. The summed E-state index contributed by atoms with van der Waals surface area (Å²) in [5.74, 6) is -1.27. The number of hydrogen-bond donors (Lipinski definition) is 2. The summed E-state index contributed by atoms with van der Waals surface area (Å²) >= 11 is 0. The highest BCUT2D eigenvalue weighted by molar-refractivity contribution is 5.83. The summed E-state index contributed by atoms with van der Waals surface area (Å²) in [6, 6.07) is 0. The Balaban J connectivity index is 3.71. The lowest BCUT2D eigenvalue weighted by Crippen LogP contribution is -2.67. The van der Waals surface area contributed by atoms with Gasteiger partial charge in [0.05, 0.1) is 0 Å².